The Morgan fingerprint density at radius 1 is 1.00 bits per heavy atom. The van der Waals surface area contributed by atoms with Gasteiger partial charge in [0.1, 0.15) is 0 Å². The van der Waals surface area contributed by atoms with Crippen molar-refractivity contribution < 1.29 is 9.53 Å². The number of carbonyl (C=O) groups excluding carboxylic acids is 1. The number of hydrogen-bond donors (Lipinski definition) is 1. The maximum atomic E-state index is 12.4. The summed E-state index contributed by atoms with van der Waals surface area (Å²) in [4.78, 5) is 19.1. The molecule has 4 heterocycles. The SMILES string of the molecule is CC(C)NC(=O)N1CCN(c2ccnn3cc(-c4ccc(C5COCCN5C(C)C)cc4)cc23)CC1. The quantitative estimate of drug-likeness (QED) is 0.585. The van der Waals surface area contributed by atoms with Crippen molar-refractivity contribution in [2.45, 2.75) is 45.8 Å². The Labute approximate surface area is 213 Å². The van der Waals surface area contributed by atoms with E-state index in [0.717, 1.165) is 49.6 Å². The van der Waals surface area contributed by atoms with E-state index in [-0.39, 0.29) is 12.1 Å². The predicted octanol–water partition coefficient (Wildman–Crippen LogP) is 4.02. The minimum Gasteiger partial charge on any atom is -0.378 e. The van der Waals surface area contributed by atoms with Gasteiger partial charge in [-0.3, -0.25) is 4.90 Å². The molecule has 2 aliphatic rings. The first kappa shape index (κ1) is 24.6. The molecule has 1 unspecified atom stereocenters. The van der Waals surface area contributed by atoms with Gasteiger partial charge in [0.2, 0.25) is 0 Å². The number of aromatic nitrogens is 2. The Kier molecular flexibility index (Phi) is 7.16. The molecule has 2 aromatic heterocycles. The molecule has 0 radical (unpaired) electrons. The third-order valence-corrected chi connectivity index (χ3v) is 7.27. The number of nitrogens with zero attached hydrogens (tertiary/aromatic N) is 5. The molecule has 36 heavy (non-hydrogen) atoms. The highest BCUT2D eigenvalue weighted by atomic mass is 16.5. The van der Waals surface area contributed by atoms with Crippen LogP contribution in [0.4, 0.5) is 10.5 Å². The molecule has 5 rings (SSSR count). The van der Waals surface area contributed by atoms with Crippen LogP contribution in [0.25, 0.3) is 16.6 Å². The second-order valence-electron chi connectivity index (χ2n) is 10.4. The Balaban J connectivity index is 1.33. The Morgan fingerprint density at radius 3 is 2.44 bits per heavy atom. The van der Waals surface area contributed by atoms with Crippen molar-refractivity contribution >= 4 is 17.2 Å². The highest BCUT2D eigenvalue weighted by Gasteiger charge is 2.27. The van der Waals surface area contributed by atoms with E-state index < -0.39 is 0 Å². The van der Waals surface area contributed by atoms with Gasteiger partial charge < -0.3 is 19.9 Å². The van der Waals surface area contributed by atoms with Crippen molar-refractivity contribution in [1.82, 2.24) is 24.7 Å². The van der Waals surface area contributed by atoms with Gasteiger partial charge in [0.05, 0.1) is 30.5 Å². The van der Waals surface area contributed by atoms with Gasteiger partial charge in [0.25, 0.3) is 0 Å². The normalized spacial score (nSPS) is 19.4. The molecule has 192 valence electrons. The van der Waals surface area contributed by atoms with E-state index in [4.69, 9.17) is 4.74 Å². The molecule has 0 aliphatic carbocycles. The number of fused-ring (bicyclic) bond motifs is 1. The van der Waals surface area contributed by atoms with Crippen LogP contribution in [0.1, 0.15) is 39.3 Å². The molecule has 1 N–H and O–H groups in total. The van der Waals surface area contributed by atoms with Crippen molar-refractivity contribution in [3.8, 4) is 11.1 Å². The van der Waals surface area contributed by atoms with Crippen molar-refractivity contribution in [2.24, 2.45) is 0 Å². The second kappa shape index (κ2) is 10.5. The number of amides is 2. The number of carbonyl (C=O) groups is 1. The van der Waals surface area contributed by atoms with E-state index in [2.05, 4.69) is 76.7 Å². The predicted molar refractivity (Wildman–Crippen MR) is 143 cm³/mol. The Hall–Kier alpha value is -3.10. The fraction of sp³-hybridized carbons (Fsp3) is 0.500. The van der Waals surface area contributed by atoms with E-state index in [9.17, 15) is 4.79 Å². The molecule has 2 saturated heterocycles. The first-order valence-corrected chi connectivity index (χ1v) is 13.1. The summed E-state index contributed by atoms with van der Waals surface area (Å²) >= 11 is 0. The number of piperazine rings is 1. The largest absolute Gasteiger partial charge is 0.378 e. The zero-order chi connectivity index (χ0) is 25.2. The fourth-order valence-corrected chi connectivity index (χ4v) is 5.33. The smallest absolute Gasteiger partial charge is 0.317 e. The molecule has 3 aromatic rings. The summed E-state index contributed by atoms with van der Waals surface area (Å²) in [7, 11) is 0. The van der Waals surface area contributed by atoms with E-state index >= 15 is 0 Å². The van der Waals surface area contributed by atoms with Crippen LogP contribution in [0.3, 0.4) is 0 Å². The Bertz CT molecular complexity index is 1180. The summed E-state index contributed by atoms with van der Waals surface area (Å²) < 4.78 is 7.76. The molecule has 8 nitrogen and oxygen atoms in total. The Morgan fingerprint density at radius 2 is 1.75 bits per heavy atom. The van der Waals surface area contributed by atoms with Gasteiger partial charge in [0.15, 0.2) is 0 Å². The van der Waals surface area contributed by atoms with Crippen LogP contribution in [0.15, 0.2) is 48.8 Å². The molecular weight excluding hydrogens is 452 g/mol. The maximum absolute atomic E-state index is 12.4. The van der Waals surface area contributed by atoms with Gasteiger partial charge in [0, 0.05) is 62.8 Å². The van der Waals surface area contributed by atoms with Gasteiger partial charge in [-0.1, -0.05) is 24.3 Å². The lowest BCUT2D eigenvalue weighted by molar-refractivity contribution is -0.0233. The maximum Gasteiger partial charge on any atom is 0.317 e. The summed E-state index contributed by atoms with van der Waals surface area (Å²) in [6, 6.07) is 14.2. The van der Waals surface area contributed by atoms with Crippen molar-refractivity contribution in [2.75, 3.05) is 50.8 Å². The first-order chi connectivity index (χ1) is 17.4. The molecule has 8 heteroatoms. The highest BCUT2D eigenvalue weighted by molar-refractivity contribution is 5.80. The highest BCUT2D eigenvalue weighted by Crippen LogP contribution is 2.31. The van der Waals surface area contributed by atoms with Crippen LogP contribution in [-0.2, 0) is 4.74 Å². The van der Waals surface area contributed by atoms with Crippen LogP contribution < -0.4 is 10.2 Å². The average Bonchev–Trinajstić information content (AvgIpc) is 3.33. The van der Waals surface area contributed by atoms with E-state index in [1.54, 1.807) is 0 Å². The van der Waals surface area contributed by atoms with Gasteiger partial charge in [-0.15, -0.1) is 0 Å². The van der Waals surface area contributed by atoms with Crippen LogP contribution in [0.5, 0.6) is 0 Å². The molecule has 2 aliphatic heterocycles. The van der Waals surface area contributed by atoms with Crippen molar-refractivity contribution in [3.05, 3.63) is 54.4 Å². The van der Waals surface area contributed by atoms with Gasteiger partial charge >= 0.3 is 6.03 Å². The second-order valence-corrected chi connectivity index (χ2v) is 10.4. The number of rotatable bonds is 5. The van der Waals surface area contributed by atoms with Crippen LogP contribution in [0.2, 0.25) is 0 Å². The number of nitrogens with one attached hydrogen (secondary N) is 1. The number of ether oxygens (including phenoxy) is 1. The monoisotopic (exact) mass is 490 g/mol. The number of anilines is 1. The lowest BCUT2D eigenvalue weighted by Crippen LogP contribution is -2.53. The molecule has 0 saturated carbocycles. The molecule has 2 fully saturated rings. The number of hydrogen-bond acceptors (Lipinski definition) is 5. The average molecular weight is 491 g/mol. The minimum absolute atomic E-state index is 0.0225. The van der Waals surface area contributed by atoms with Crippen LogP contribution in [0, 0.1) is 0 Å². The summed E-state index contributed by atoms with van der Waals surface area (Å²) in [5.74, 6) is 0. The fourth-order valence-electron chi connectivity index (χ4n) is 5.33. The summed E-state index contributed by atoms with van der Waals surface area (Å²) in [5.41, 5.74) is 5.87. The minimum atomic E-state index is 0.0225. The zero-order valence-corrected chi connectivity index (χ0v) is 21.9. The van der Waals surface area contributed by atoms with Gasteiger partial charge in [-0.2, -0.15) is 5.10 Å². The first-order valence-electron chi connectivity index (χ1n) is 13.1. The molecular formula is C28H38N6O2. The molecule has 0 bridgehead atoms. The summed E-state index contributed by atoms with van der Waals surface area (Å²) in [6.07, 6.45) is 3.96. The van der Waals surface area contributed by atoms with E-state index in [1.807, 2.05) is 29.5 Å². The van der Waals surface area contributed by atoms with Gasteiger partial charge in [-0.25, -0.2) is 9.31 Å². The number of morpholine rings is 1. The molecule has 1 aromatic carbocycles. The van der Waals surface area contributed by atoms with Crippen molar-refractivity contribution in [1.29, 1.82) is 0 Å². The lowest BCUT2D eigenvalue weighted by Gasteiger charge is -2.38. The third kappa shape index (κ3) is 5.06. The number of benzene rings is 1. The van der Waals surface area contributed by atoms with E-state index in [0.29, 0.717) is 25.2 Å². The summed E-state index contributed by atoms with van der Waals surface area (Å²) in [6.45, 7) is 14.0. The molecule has 0 spiro atoms. The van der Waals surface area contributed by atoms with Crippen LogP contribution >= 0.6 is 0 Å². The standard InChI is InChI=1S/C28H38N6O2/c1-20(2)30-28(35)32-13-11-31(12-14-32)25-9-10-29-34-18-24(17-26(25)34)22-5-7-23(8-6-22)27-19-36-16-15-33(27)21(3)4/h5-10,17-18,20-21,27H,11-16,19H2,1-4H3,(H,30,35). The molecule has 1 atom stereocenters. The van der Waals surface area contributed by atoms with Crippen LogP contribution in [-0.4, -0.2) is 83.5 Å². The summed E-state index contributed by atoms with van der Waals surface area (Å²) in [5, 5.41) is 7.57. The third-order valence-electron chi connectivity index (χ3n) is 7.27. The van der Waals surface area contributed by atoms with E-state index in [1.165, 1.54) is 11.1 Å². The topological polar surface area (TPSA) is 65.4 Å². The lowest BCUT2D eigenvalue weighted by atomic mass is 10.00. The van der Waals surface area contributed by atoms with Crippen molar-refractivity contribution in [3.63, 3.8) is 0 Å². The van der Waals surface area contributed by atoms with Gasteiger partial charge in [-0.05, 0) is 51.0 Å². The molecule has 2 amide bonds. The number of urea groups is 1. The zero-order valence-electron chi connectivity index (χ0n) is 21.9.